The first kappa shape index (κ1) is 15.1. The lowest BCUT2D eigenvalue weighted by molar-refractivity contribution is 0.0787. The topological polar surface area (TPSA) is 58.1 Å². The summed E-state index contributed by atoms with van der Waals surface area (Å²) < 4.78 is 0. The predicted molar refractivity (Wildman–Crippen MR) is 86.9 cm³/mol. The fraction of sp³-hybridized carbons (Fsp3) is 0.267. The Morgan fingerprint density at radius 1 is 1.05 bits per heavy atom. The summed E-state index contributed by atoms with van der Waals surface area (Å²) in [5, 5.41) is 4.13. The number of halogens is 2. The SMILES string of the molecule is O=C(c1cc(Nc2cc(Cl)cc(Cl)c2)ncn1)N1CCCC1. The standard InChI is InChI=1S/C15H14Cl2N4O/c16-10-5-11(17)7-12(6-10)20-14-8-13(18-9-19-14)15(22)21-3-1-2-4-21/h5-9H,1-4H2,(H,18,19,20). The van der Waals surface area contributed by atoms with E-state index >= 15 is 0 Å². The van der Waals surface area contributed by atoms with Gasteiger partial charge in [0.05, 0.1) is 0 Å². The van der Waals surface area contributed by atoms with E-state index < -0.39 is 0 Å². The number of anilines is 2. The molecule has 0 spiro atoms. The van der Waals surface area contributed by atoms with Gasteiger partial charge in [-0.2, -0.15) is 0 Å². The van der Waals surface area contributed by atoms with Crippen molar-refractivity contribution in [2.75, 3.05) is 18.4 Å². The maximum Gasteiger partial charge on any atom is 0.272 e. The zero-order valence-corrected chi connectivity index (χ0v) is 13.2. The van der Waals surface area contributed by atoms with Crippen LogP contribution in [0.3, 0.4) is 0 Å². The lowest BCUT2D eigenvalue weighted by Crippen LogP contribution is -2.28. The number of hydrogen-bond acceptors (Lipinski definition) is 4. The molecule has 0 aliphatic carbocycles. The first-order valence-electron chi connectivity index (χ1n) is 6.96. The van der Waals surface area contributed by atoms with Gasteiger partial charge < -0.3 is 10.2 Å². The Hall–Kier alpha value is -1.85. The molecule has 0 atom stereocenters. The van der Waals surface area contributed by atoms with Crippen LogP contribution in [-0.4, -0.2) is 33.9 Å². The van der Waals surface area contributed by atoms with Crippen molar-refractivity contribution in [2.45, 2.75) is 12.8 Å². The lowest BCUT2D eigenvalue weighted by Gasteiger charge is -2.14. The van der Waals surface area contributed by atoms with Crippen molar-refractivity contribution < 1.29 is 4.79 Å². The molecular weight excluding hydrogens is 323 g/mol. The van der Waals surface area contributed by atoms with E-state index in [2.05, 4.69) is 15.3 Å². The Morgan fingerprint density at radius 3 is 2.41 bits per heavy atom. The van der Waals surface area contributed by atoms with Gasteiger partial charge in [0, 0.05) is 34.9 Å². The first-order chi connectivity index (χ1) is 10.6. The van der Waals surface area contributed by atoms with Gasteiger partial charge in [-0.15, -0.1) is 0 Å². The Labute approximate surface area is 138 Å². The van der Waals surface area contributed by atoms with Crippen LogP contribution < -0.4 is 5.32 Å². The largest absolute Gasteiger partial charge is 0.340 e. The van der Waals surface area contributed by atoms with Crippen LogP contribution in [0.5, 0.6) is 0 Å². The molecule has 1 fully saturated rings. The molecule has 0 unspecified atom stereocenters. The molecule has 114 valence electrons. The van der Waals surface area contributed by atoms with Crippen molar-refractivity contribution in [3.63, 3.8) is 0 Å². The molecule has 1 aromatic carbocycles. The van der Waals surface area contributed by atoms with Gasteiger partial charge in [0.15, 0.2) is 0 Å². The minimum absolute atomic E-state index is 0.0629. The number of amides is 1. The summed E-state index contributed by atoms with van der Waals surface area (Å²) in [5.41, 5.74) is 1.09. The molecule has 0 saturated carbocycles. The number of carbonyl (C=O) groups is 1. The lowest BCUT2D eigenvalue weighted by atomic mass is 10.3. The van der Waals surface area contributed by atoms with Gasteiger partial charge >= 0.3 is 0 Å². The highest BCUT2D eigenvalue weighted by atomic mass is 35.5. The van der Waals surface area contributed by atoms with E-state index in [-0.39, 0.29) is 5.91 Å². The zero-order valence-electron chi connectivity index (χ0n) is 11.7. The smallest absolute Gasteiger partial charge is 0.272 e. The molecule has 2 aromatic rings. The fourth-order valence-electron chi connectivity index (χ4n) is 2.40. The van der Waals surface area contributed by atoms with Gasteiger partial charge in [-0.1, -0.05) is 23.2 Å². The number of carbonyl (C=O) groups excluding carboxylic acids is 1. The van der Waals surface area contributed by atoms with Crippen LogP contribution in [0.25, 0.3) is 0 Å². The third kappa shape index (κ3) is 3.48. The van der Waals surface area contributed by atoms with Gasteiger partial charge in [0.1, 0.15) is 17.8 Å². The quantitative estimate of drug-likeness (QED) is 0.926. The van der Waals surface area contributed by atoms with Crippen molar-refractivity contribution in [3.05, 3.63) is 46.3 Å². The first-order valence-corrected chi connectivity index (χ1v) is 7.72. The van der Waals surface area contributed by atoms with E-state index in [0.717, 1.165) is 25.9 Å². The van der Waals surface area contributed by atoms with Crippen LogP contribution in [0, 0.1) is 0 Å². The van der Waals surface area contributed by atoms with E-state index in [1.165, 1.54) is 6.33 Å². The van der Waals surface area contributed by atoms with Gasteiger partial charge in [-0.25, -0.2) is 9.97 Å². The summed E-state index contributed by atoms with van der Waals surface area (Å²) in [6, 6.07) is 6.75. The number of nitrogens with one attached hydrogen (secondary N) is 1. The summed E-state index contributed by atoms with van der Waals surface area (Å²) in [6.07, 6.45) is 3.46. The van der Waals surface area contributed by atoms with E-state index in [4.69, 9.17) is 23.2 Å². The molecule has 1 aliphatic heterocycles. The molecule has 1 saturated heterocycles. The molecule has 1 aromatic heterocycles. The van der Waals surface area contributed by atoms with Crippen molar-refractivity contribution >= 4 is 40.6 Å². The molecule has 7 heteroatoms. The minimum atomic E-state index is -0.0629. The second-order valence-electron chi connectivity index (χ2n) is 5.07. The molecule has 5 nitrogen and oxygen atoms in total. The van der Waals surface area contributed by atoms with Crippen molar-refractivity contribution in [2.24, 2.45) is 0 Å². The van der Waals surface area contributed by atoms with Crippen LogP contribution in [0.4, 0.5) is 11.5 Å². The number of rotatable bonds is 3. The van der Waals surface area contributed by atoms with Gasteiger partial charge in [-0.05, 0) is 31.0 Å². The van der Waals surface area contributed by atoms with Gasteiger partial charge in [0.25, 0.3) is 5.91 Å². The highest BCUT2D eigenvalue weighted by molar-refractivity contribution is 6.35. The average Bonchev–Trinajstić information content (AvgIpc) is 3.00. The Bertz CT molecular complexity index is 681. The van der Waals surface area contributed by atoms with Crippen molar-refractivity contribution in [3.8, 4) is 0 Å². The van der Waals surface area contributed by atoms with Crippen molar-refractivity contribution in [1.29, 1.82) is 0 Å². The molecule has 2 heterocycles. The van der Waals surface area contributed by atoms with Gasteiger partial charge in [0.2, 0.25) is 0 Å². The Morgan fingerprint density at radius 2 is 1.73 bits per heavy atom. The highest BCUT2D eigenvalue weighted by Crippen LogP contribution is 2.24. The molecule has 1 N–H and O–H groups in total. The Balaban J connectivity index is 1.80. The number of benzene rings is 1. The summed E-state index contributed by atoms with van der Waals surface area (Å²) >= 11 is 11.9. The predicted octanol–water partition coefficient (Wildman–Crippen LogP) is 3.76. The number of likely N-dealkylation sites (tertiary alicyclic amines) is 1. The summed E-state index contributed by atoms with van der Waals surface area (Å²) in [7, 11) is 0. The number of nitrogens with zero attached hydrogens (tertiary/aromatic N) is 3. The fourth-order valence-corrected chi connectivity index (χ4v) is 2.92. The molecular formula is C15H14Cl2N4O. The van der Waals surface area contributed by atoms with Crippen LogP contribution >= 0.6 is 23.2 Å². The normalized spacial score (nSPS) is 14.2. The summed E-state index contributed by atoms with van der Waals surface area (Å²) in [4.78, 5) is 22.3. The van der Waals surface area contributed by atoms with Crippen LogP contribution in [0.15, 0.2) is 30.6 Å². The van der Waals surface area contributed by atoms with E-state index in [9.17, 15) is 4.79 Å². The Kier molecular flexibility index (Phi) is 4.45. The number of hydrogen-bond donors (Lipinski definition) is 1. The molecule has 1 aliphatic rings. The molecule has 0 radical (unpaired) electrons. The second-order valence-corrected chi connectivity index (χ2v) is 5.94. The van der Waals surface area contributed by atoms with E-state index in [1.54, 1.807) is 24.3 Å². The highest BCUT2D eigenvalue weighted by Gasteiger charge is 2.20. The van der Waals surface area contributed by atoms with Crippen molar-refractivity contribution in [1.82, 2.24) is 14.9 Å². The van der Waals surface area contributed by atoms with Crippen LogP contribution in [0.1, 0.15) is 23.3 Å². The third-order valence-electron chi connectivity index (χ3n) is 3.41. The van der Waals surface area contributed by atoms with E-state index in [1.807, 2.05) is 4.90 Å². The minimum Gasteiger partial charge on any atom is -0.340 e. The van der Waals surface area contributed by atoms with Gasteiger partial charge in [-0.3, -0.25) is 4.79 Å². The third-order valence-corrected chi connectivity index (χ3v) is 3.85. The molecule has 22 heavy (non-hydrogen) atoms. The zero-order chi connectivity index (χ0) is 15.5. The molecule has 1 amide bonds. The summed E-state index contributed by atoms with van der Waals surface area (Å²) in [5.74, 6) is 0.461. The maximum absolute atomic E-state index is 12.3. The molecule has 0 bridgehead atoms. The number of aromatic nitrogens is 2. The van der Waals surface area contributed by atoms with E-state index in [0.29, 0.717) is 27.2 Å². The average molecular weight is 337 g/mol. The van der Waals surface area contributed by atoms with Crippen LogP contribution in [-0.2, 0) is 0 Å². The van der Waals surface area contributed by atoms with Crippen LogP contribution in [0.2, 0.25) is 10.0 Å². The monoisotopic (exact) mass is 336 g/mol. The second kappa shape index (κ2) is 6.50. The molecule has 3 rings (SSSR count). The maximum atomic E-state index is 12.3. The summed E-state index contributed by atoms with van der Waals surface area (Å²) in [6.45, 7) is 1.57.